The molecule has 3 aromatic rings. The number of aromatic nitrogens is 2. The number of aliphatic carboxylic acids is 2. The Hall–Kier alpha value is -3.63. The van der Waals surface area contributed by atoms with Crippen LogP contribution in [0.3, 0.4) is 0 Å². The van der Waals surface area contributed by atoms with Gasteiger partial charge in [0.1, 0.15) is 29.9 Å². The number of carbonyl (C=O) groups is 2. The molecule has 10 heteroatoms. The molecule has 170 valence electrons. The Labute approximate surface area is 184 Å². The topological polar surface area (TPSA) is 134 Å². The summed E-state index contributed by atoms with van der Waals surface area (Å²) in [5.41, 5.74) is 2.21. The third-order valence-corrected chi connectivity index (χ3v) is 4.83. The number of carboxylic acid groups (broad SMARTS) is 2. The summed E-state index contributed by atoms with van der Waals surface area (Å²) in [6.45, 7) is 3.92. The minimum absolute atomic E-state index is 0.0641. The number of pyridine rings is 1. The van der Waals surface area contributed by atoms with E-state index in [1.165, 1.54) is 10.9 Å². The van der Waals surface area contributed by atoms with Crippen molar-refractivity contribution in [3.63, 3.8) is 0 Å². The summed E-state index contributed by atoms with van der Waals surface area (Å²) >= 11 is 0. The van der Waals surface area contributed by atoms with Gasteiger partial charge in [0.05, 0.1) is 13.7 Å². The van der Waals surface area contributed by atoms with Crippen LogP contribution in [0.2, 0.25) is 0 Å². The zero-order valence-corrected chi connectivity index (χ0v) is 17.6. The minimum atomic E-state index is -1.82. The maximum absolute atomic E-state index is 9.10. The second kappa shape index (κ2) is 11.1. The number of rotatable bonds is 6. The van der Waals surface area contributed by atoms with Crippen LogP contribution in [0.1, 0.15) is 5.56 Å². The molecular formula is C22H25N3O7. The van der Waals surface area contributed by atoms with Gasteiger partial charge in [-0.25, -0.2) is 14.6 Å². The largest absolute Gasteiger partial charge is 0.497 e. The van der Waals surface area contributed by atoms with Gasteiger partial charge in [0, 0.05) is 37.4 Å². The quantitative estimate of drug-likeness (QED) is 0.489. The van der Waals surface area contributed by atoms with E-state index in [-0.39, 0.29) is 6.10 Å². The molecule has 1 aromatic carbocycles. The number of fused-ring (bicyclic) bond motifs is 1. The van der Waals surface area contributed by atoms with Crippen LogP contribution in [0.4, 0.5) is 0 Å². The maximum atomic E-state index is 9.10. The SMILES string of the molecule is COc1ccc(OCC2CN(Cc3c[nH]c4ncccc34)CCO2)cc1.O=C(O)C(=O)O. The molecule has 0 bridgehead atoms. The number of H-pyrrole nitrogens is 1. The van der Waals surface area contributed by atoms with Crippen molar-refractivity contribution >= 4 is 23.0 Å². The first kappa shape index (κ1) is 23.0. The first-order chi connectivity index (χ1) is 15.5. The predicted molar refractivity (Wildman–Crippen MR) is 115 cm³/mol. The van der Waals surface area contributed by atoms with E-state index in [2.05, 4.69) is 27.1 Å². The lowest BCUT2D eigenvalue weighted by Gasteiger charge is -2.32. The second-order valence-corrected chi connectivity index (χ2v) is 7.04. The maximum Gasteiger partial charge on any atom is 0.414 e. The van der Waals surface area contributed by atoms with E-state index in [1.54, 1.807) is 7.11 Å². The standard InChI is InChI=1S/C20H23N3O3.C2H2O4/c1-24-16-4-6-17(7-5-16)26-14-18-13-23(9-10-25-18)12-15-11-22-20-19(15)3-2-8-21-20;3-1(4)2(5)6/h2-8,11,18H,9-10,12-14H2,1H3,(H,21,22);(H,3,4)(H,5,6). The van der Waals surface area contributed by atoms with Gasteiger partial charge in [-0.05, 0) is 42.0 Å². The first-order valence-electron chi connectivity index (χ1n) is 9.94. The summed E-state index contributed by atoms with van der Waals surface area (Å²) in [6.07, 6.45) is 3.93. The highest BCUT2D eigenvalue weighted by Gasteiger charge is 2.22. The molecule has 0 spiro atoms. The molecule has 1 fully saturated rings. The second-order valence-electron chi connectivity index (χ2n) is 7.04. The number of aromatic amines is 1. The van der Waals surface area contributed by atoms with Gasteiger partial charge in [-0.3, -0.25) is 4.90 Å². The average molecular weight is 443 g/mol. The van der Waals surface area contributed by atoms with Crippen LogP contribution in [0.25, 0.3) is 11.0 Å². The lowest BCUT2D eigenvalue weighted by molar-refractivity contribution is -0.159. The molecule has 4 rings (SSSR count). The van der Waals surface area contributed by atoms with E-state index in [1.807, 2.05) is 36.5 Å². The summed E-state index contributed by atoms with van der Waals surface area (Å²) in [6, 6.07) is 11.7. The fraction of sp³-hybridized carbons (Fsp3) is 0.318. The molecule has 0 aliphatic carbocycles. The number of methoxy groups -OCH3 is 1. The molecule has 10 nitrogen and oxygen atoms in total. The molecule has 2 aromatic heterocycles. The van der Waals surface area contributed by atoms with Crippen LogP contribution in [-0.2, 0) is 20.9 Å². The number of ether oxygens (including phenoxy) is 3. The highest BCUT2D eigenvalue weighted by molar-refractivity contribution is 6.27. The third-order valence-electron chi connectivity index (χ3n) is 4.83. The van der Waals surface area contributed by atoms with Crippen LogP contribution < -0.4 is 9.47 Å². The van der Waals surface area contributed by atoms with Crippen LogP contribution in [0.5, 0.6) is 11.5 Å². The number of nitrogens with one attached hydrogen (secondary N) is 1. The van der Waals surface area contributed by atoms with Gasteiger partial charge in [-0.15, -0.1) is 0 Å². The Kier molecular flexibility index (Phi) is 8.01. The van der Waals surface area contributed by atoms with Crippen molar-refractivity contribution in [1.82, 2.24) is 14.9 Å². The van der Waals surface area contributed by atoms with Crippen molar-refractivity contribution in [3.8, 4) is 11.5 Å². The van der Waals surface area contributed by atoms with Gasteiger partial charge in [0.2, 0.25) is 0 Å². The molecule has 1 atom stereocenters. The zero-order valence-electron chi connectivity index (χ0n) is 17.6. The molecule has 1 unspecified atom stereocenters. The van der Waals surface area contributed by atoms with Gasteiger partial charge >= 0.3 is 11.9 Å². The molecule has 32 heavy (non-hydrogen) atoms. The Morgan fingerprint density at radius 3 is 2.59 bits per heavy atom. The van der Waals surface area contributed by atoms with E-state index >= 15 is 0 Å². The van der Waals surface area contributed by atoms with E-state index in [0.29, 0.717) is 6.61 Å². The predicted octanol–water partition coefficient (Wildman–Crippen LogP) is 2.01. The van der Waals surface area contributed by atoms with Crippen LogP contribution in [0, 0.1) is 0 Å². The molecule has 1 aliphatic heterocycles. The Morgan fingerprint density at radius 1 is 1.19 bits per heavy atom. The number of hydrogen-bond acceptors (Lipinski definition) is 7. The minimum Gasteiger partial charge on any atom is -0.497 e. The number of hydrogen-bond donors (Lipinski definition) is 3. The van der Waals surface area contributed by atoms with Gasteiger partial charge < -0.3 is 29.4 Å². The normalized spacial score (nSPS) is 16.1. The Balaban J connectivity index is 0.000000427. The smallest absolute Gasteiger partial charge is 0.414 e. The van der Waals surface area contributed by atoms with E-state index in [9.17, 15) is 0 Å². The summed E-state index contributed by atoms with van der Waals surface area (Å²) in [5, 5.41) is 16.0. The van der Waals surface area contributed by atoms with Crippen molar-refractivity contribution in [3.05, 3.63) is 54.4 Å². The summed E-state index contributed by atoms with van der Waals surface area (Å²) < 4.78 is 16.9. The Morgan fingerprint density at radius 2 is 1.91 bits per heavy atom. The van der Waals surface area contributed by atoms with Crippen molar-refractivity contribution in [2.24, 2.45) is 0 Å². The molecule has 3 heterocycles. The number of carboxylic acids is 2. The summed E-state index contributed by atoms with van der Waals surface area (Å²) in [7, 11) is 1.66. The molecule has 0 saturated carbocycles. The first-order valence-corrected chi connectivity index (χ1v) is 9.94. The van der Waals surface area contributed by atoms with E-state index in [0.717, 1.165) is 43.4 Å². The highest BCUT2D eigenvalue weighted by Crippen LogP contribution is 2.20. The molecule has 0 amide bonds. The van der Waals surface area contributed by atoms with Gasteiger partial charge in [-0.2, -0.15) is 0 Å². The summed E-state index contributed by atoms with van der Waals surface area (Å²) in [5.74, 6) is -2.00. The number of benzene rings is 1. The van der Waals surface area contributed by atoms with Crippen LogP contribution >= 0.6 is 0 Å². The monoisotopic (exact) mass is 443 g/mol. The van der Waals surface area contributed by atoms with Crippen molar-refractivity contribution < 1.29 is 34.0 Å². The average Bonchev–Trinajstić information content (AvgIpc) is 3.21. The number of nitrogens with zero attached hydrogens (tertiary/aromatic N) is 2. The lowest BCUT2D eigenvalue weighted by Crippen LogP contribution is -2.44. The Bertz CT molecular complexity index is 1020. The molecule has 1 saturated heterocycles. The fourth-order valence-electron chi connectivity index (χ4n) is 3.27. The summed E-state index contributed by atoms with van der Waals surface area (Å²) in [4.78, 5) is 28.2. The van der Waals surface area contributed by atoms with Crippen molar-refractivity contribution in [2.45, 2.75) is 12.6 Å². The molecular weight excluding hydrogens is 418 g/mol. The number of morpholine rings is 1. The fourth-order valence-corrected chi connectivity index (χ4v) is 3.27. The zero-order chi connectivity index (χ0) is 22.9. The van der Waals surface area contributed by atoms with Crippen molar-refractivity contribution in [2.75, 3.05) is 33.4 Å². The van der Waals surface area contributed by atoms with E-state index in [4.69, 9.17) is 34.0 Å². The van der Waals surface area contributed by atoms with Crippen molar-refractivity contribution in [1.29, 1.82) is 0 Å². The third kappa shape index (κ3) is 6.43. The van der Waals surface area contributed by atoms with Crippen LogP contribution in [-0.4, -0.2) is 76.5 Å². The molecule has 3 N–H and O–H groups in total. The lowest BCUT2D eigenvalue weighted by atomic mass is 10.2. The van der Waals surface area contributed by atoms with Gasteiger partial charge in [-0.1, -0.05) is 0 Å². The van der Waals surface area contributed by atoms with Gasteiger partial charge in [0.15, 0.2) is 0 Å². The van der Waals surface area contributed by atoms with Crippen LogP contribution in [0.15, 0.2) is 48.8 Å². The van der Waals surface area contributed by atoms with E-state index < -0.39 is 11.9 Å². The van der Waals surface area contributed by atoms with Gasteiger partial charge in [0.25, 0.3) is 0 Å². The molecule has 0 radical (unpaired) electrons. The highest BCUT2D eigenvalue weighted by atomic mass is 16.5. The molecule has 1 aliphatic rings.